The number of rotatable bonds is 11. The quantitative estimate of drug-likeness (QED) is 0.116. The number of carbonyl (C=O) groups is 4. The summed E-state index contributed by atoms with van der Waals surface area (Å²) in [6.45, 7) is 8.10. The van der Waals surface area contributed by atoms with Crippen molar-refractivity contribution in [2.75, 3.05) is 42.7 Å². The summed E-state index contributed by atoms with van der Waals surface area (Å²) in [7, 11) is 9.79. The van der Waals surface area contributed by atoms with Crippen LogP contribution < -0.4 is 28.4 Å². The van der Waals surface area contributed by atoms with E-state index in [1.807, 2.05) is 85.8 Å². The third-order valence-electron chi connectivity index (χ3n) is 9.02. The monoisotopic (exact) mass is 894 g/mol. The van der Waals surface area contributed by atoms with Gasteiger partial charge in [0.2, 0.25) is 0 Å². The first-order valence-corrected chi connectivity index (χ1v) is 19.8. The van der Waals surface area contributed by atoms with Crippen molar-refractivity contribution < 1.29 is 47.6 Å². The third-order valence-corrected chi connectivity index (χ3v) is 9.67. The van der Waals surface area contributed by atoms with Crippen molar-refractivity contribution in [3.63, 3.8) is 0 Å². The first-order chi connectivity index (χ1) is 29.1. The number of hydrogen-bond acceptors (Lipinski definition) is 10. The van der Waals surface area contributed by atoms with Crippen LogP contribution in [0.2, 0.25) is 0 Å². The van der Waals surface area contributed by atoms with E-state index in [9.17, 15) is 19.2 Å². The second-order valence-electron chi connectivity index (χ2n) is 13.1. The normalized spacial score (nSPS) is 10.2. The molecule has 1 atom stereocenters. The average molecular weight is 896 g/mol. The van der Waals surface area contributed by atoms with Gasteiger partial charge in [-0.3, -0.25) is 19.2 Å². The SMILES string of the molecule is CC(=O)c1ccc(C(C)=O)c(Br)c1.COc1ccc(C(C)=O)cc1.COc1ccc(OC)cc1.COc1ccc2cc(C(C)C(C)=O)ccc2c1.COc1ccccc1OC. The number of benzene rings is 6. The Labute approximate surface area is 367 Å². The van der Waals surface area contributed by atoms with Crippen molar-refractivity contribution in [3.8, 4) is 34.5 Å². The Morgan fingerprint density at radius 1 is 0.443 bits per heavy atom. The third kappa shape index (κ3) is 17.0. The molecule has 1 unspecified atom stereocenters. The molecule has 0 aromatic heterocycles. The van der Waals surface area contributed by atoms with Gasteiger partial charge in [-0.05, 0) is 129 Å². The Morgan fingerprint density at radius 2 is 0.852 bits per heavy atom. The summed E-state index contributed by atoms with van der Waals surface area (Å²) < 4.78 is 30.7. The number of carbonyl (C=O) groups excluding carboxylic acids is 4. The lowest BCUT2D eigenvalue weighted by Gasteiger charge is -2.09. The smallest absolute Gasteiger partial charge is 0.160 e. The maximum atomic E-state index is 11.4. The molecule has 10 nitrogen and oxygen atoms in total. The minimum absolute atomic E-state index is 0.00389. The summed E-state index contributed by atoms with van der Waals surface area (Å²) in [5.74, 6) is 5.07. The molecule has 0 saturated heterocycles. The Hall–Kier alpha value is -6.46. The molecule has 0 N–H and O–H groups in total. The van der Waals surface area contributed by atoms with Crippen LogP contribution in [0.25, 0.3) is 10.8 Å². The number of methoxy groups -OCH3 is 6. The molecule has 0 aliphatic heterocycles. The van der Waals surface area contributed by atoms with Crippen LogP contribution in [0.5, 0.6) is 34.5 Å². The number of halogens is 1. The number of fused-ring (bicyclic) bond motifs is 1. The van der Waals surface area contributed by atoms with Gasteiger partial charge in [0.25, 0.3) is 0 Å². The summed E-state index contributed by atoms with van der Waals surface area (Å²) in [6, 6.07) is 39.1. The molecule has 61 heavy (non-hydrogen) atoms. The van der Waals surface area contributed by atoms with E-state index in [0.717, 1.165) is 50.8 Å². The molecule has 6 rings (SSSR count). The van der Waals surface area contributed by atoms with Gasteiger partial charge in [0.05, 0.1) is 42.7 Å². The van der Waals surface area contributed by atoms with Gasteiger partial charge in [0.15, 0.2) is 28.8 Å². The molecule has 0 bridgehead atoms. The summed E-state index contributed by atoms with van der Waals surface area (Å²) in [5, 5.41) is 2.26. The topological polar surface area (TPSA) is 124 Å². The van der Waals surface area contributed by atoms with Crippen LogP contribution in [-0.4, -0.2) is 65.8 Å². The molecular formula is C50H55BrO10. The fourth-order valence-corrected chi connectivity index (χ4v) is 5.88. The molecule has 0 saturated carbocycles. The van der Waals surface area contributed by atoms with E-state index < -0.39 is 0 Å². The van der Waals surface area contributed by atoms with Crippen molar-refractivity contribution >= 4 is 49.8 Å². The molecule has 322 valence electrons. The first-order valence-electron chi connectivity index (χ1n) is 19.0. The maximum absolute atomic E-state index is 11.4. The maximum Gasteiger partial charge on any atom is 0.160 e. The highest BCUT2D eigenvalue weighted by Gasteiger charge is 2.11. The average Bonchev–Trinajstić information content (AvgIpc) is 3.28. The molecule has 6 aromatic carbocycles. The van der Waals surface area contributed by atoms with Gasteiger partial charge in [0.1, 0.15) is 28.8 Å². The van der Waals surface area contributed by atoms with E-state index in [1.165, 1.54) is 13.8 Å². The van der Waals surface area contributed by atoms with Crippen LogP contribution in [0.3, 0.4) is 0 Å². The van der Waals surface area contributed by atoms with Crippen molar-refractivity contribution in [1.82, 2.24) is 0 Å². The lowest BCUT2D eigenvalue weighted by Crippen LogP contribution is -2.03. The fourth-order valence-electron chi connectivity index (χ4n) is 5.22. The zero-order valence-electron chi connectivity index (χ0n) is 36.7. The van der Waals surface area contributed by atoms with Crippen LogP contribution in [0.4, 0.5) is 0 Å². The Kier molecular flexibility index (Phi) is 22.1. The summed E-state index contributed by atoms with van der Waals surface area (Å²) in [5.41, 5.74) is 2.99. The number of hydrogen-bond donors (Lipinski definition) is 0. The number of Topliss-reactive ketones (excluding diaryl/α,β-unsaturated/α-hetero) is 4. The predicted octanol–water partition coefficient (Wildman–Crippen LogP) is 11.7. The zero-order chi connectivity index (χ0) is 45.5. The molecule has 0 radical (unpaired) electrons. The highest BCUT2D eigenvalue weighted by atomic mass is 79.9. The van der Waals surface area contributed by atoms with Crippen molar-refractivity contribution in [2.45, 2.75) is 40.5 Å². The molecule has 0 aliphatic rings. The molecule has 0 spiro atoms. The highest BCUT2D eigenvalue weighted by molar-refractivity contribution is 9.10. The van der Waals surface area contributed by atoms with Crippen LogP contribution in [0.1, 0.15) is 77.2 Å². The minimum atomic E-state index is -0.0403. The minimum Gasteiger partial charge on any atom is -0.497 e. The van der Waals surface area contributed by atoms with Gasteiger partial charge in [-0.2, -0.15) is 0 Å². The van der Waals surface area contributed by atoms with E-state index >= 15 is 0 Å². The predicted molar refractivity (Wildman–Crippen MR) is 246 cm³/mol. The van der Waals surface area contributed by atoms with Gasteiger partial charge in [-0.25, -0.2) is 0 Å². The molecule has 0 aliphatic carbocycles. The number of para-hydroxylation sites is 2. The standard InChI is InChI=1S/C15H16O2.C10H9BrO2.C9H10O2.2C8H10O2/c1-10(11(2)16)12-4-5-14-9-15(17-3)7-6-13(14)8-12;1-6(12)8-3-4-9(7(2)13)10(11)5-8;1-7(10)8-3-5-9(11-2)6-4-8;1-9-7-3-5-8(10-2)6-4-7;1-9-7-5-3-4-6-8(7)10-2/h4-10H,1-3H3;3-5H,1-2H3;3-6H,1-2H3;2*3-6H,1-2H3. The van der Waals surface area contributed by atoms with E-state index in [1.54, 1.807) is 99.0 Å². The zero-order valence-corrected chi connectivity index (χ0v) is 38.2. The molecule has 6 aromatic rings. The van der Waals surface area contributed by atoms with Gasteiger partial charge in [-0.1, -0.05) is 65.3 Å². The van der Waals surface area contributed by atoms with E-state index in [2.05, 4.69) is 22.0 Å². The second kappa shape index (κ2) is 26.6. The highest BCUT2D eigenvalue weighted by Crippen LogP contribution is 2.26. The lowest BCUT2D eigenvalue weighted by molar-refractivity contribution is -0.118. The van der Waals surface area contributed by atoms with Crippen LogP contribution in [0, 0.1) is 0 Å². The molecule has 0 fully saturated rings. The largest absolute Gasteiger partial charge is 0.497 e. The Morgan fingerprint density at radius 3 is 1.25 bits per heavy atom. The van der Waals surface area contributed by atoms with E-state index in [4.69, 9.17) is 28.4 Å². The van der Waals surface area contributed by atoms with Crippen LogP contribution in [0.15, 0.2) is 132 Å². The molecule has 11 heteroatoms. The fraction of sp³-hybridized carbons (Fsp3) is 0.240. The second-order valence-corrected chi connectivity index (χ2v) is 14.0. The van der Waals surface area contributed by atoms with Crippen molar-refractivity contribution in [2.24, 2.45) is 0 Å². The van der Waals surface area contributed by atoms with Gasteiger partial charge in [-0.15, -0.1) is 0 Å². The van der Waals surface area contributed by atoms with Crippen molar-refractivity contribution in [1.29, 1.82) is 0 Å². The Bertz CT molecular complexity index is 2270. The first kappa shape index (κ1) is 50.7. The summed E-state index contributed by atoms with van der Waals surface area (Å²) in [6.07, 6.45) is 0. The van der Waals surface area contributed by atoms with Crippen LogP contribution in [-0.2, 0) is 4.79 Å². The lowest BCUT2D eigenvalue weighted by atomic mass is 9.95. The molecule has 0 amide bonds. The van der Waals surface area contributed by atoms with Gasteiger partial charge >= 0.3 is 0 Å². The molecular weight excluding hydrogens is 840 g/mol. The summed E-state index contributed by atoms with van der Waals surface area (Å²) >= 11 is 3.24. The summed E-state index contributed by atoms with van der Waals surface area (Å²) in [4.78, 5) is 44.2. The van der Waals surface area contributed by atoms with Gasteiger partial charge < -0.3 is 28.4 Å². The van der Waals surface area contributed by atoms with E-state index in [-0.39, 0.29) is 29.1 Å². The molecule has 0 heterocycles. The number of ketones is 4. The van der Waals surface area contributed by atoms with Gasteiger partial charge in [0, 0.05) is 27.1 Å². The van der Waals surface area contributed by atoms with Crippen molar-refractivity contribution in [3.05, 3.63) is 154 Å². The van der Waals surface area contributed by atoms with Crippen LogP contribution >= 0.6 is 15.9 Å². The Balaban J connectivity index is 0.000000267. The number of ether oxygens (including phenoxy) is 6. The van der Waals surface area contributed by atoms with E-state index in [0.29, 0.717) is 21.2 Å².